The predicted octanol–water partition coefficient (Wildman–Crippen LogP) is 3.78. The van der Waals surface area contributed by atoms with Gasteiger partial charge in [-0.25, -0.2) is 9.79 Å². The molecule has 1 aromatic heterocycles. The lowest BCUT2D eigenvalue weighted by Gasteiger charge is -2.20. The minimum atomic E-state index is -0.362. The Hall–Kier alpha value is -1.52. The van der Waals surface area contributed by atoms with Gasteiger partial charge in [-0.05, 0) is 45.4 Å². The summed E-state index contributed by atoms with van der Waals surface area (Å²) in [5, 5.41) is 13.7. The molecule has 166 valence electrons. The van der Waals surface area contributed by atoms with Crippen LogP contribution in [0.4, 0.5) is 4.79 Å². The maximum absolute atomic E-state index is 11.7. The third kappa shape index (κ3) is 8.79. The zero-order valence-electron chi connectivity index (χ0n) is 18.0. The largest absolute Gasteiger partial charge is 0.450 e. The van der Waals surface area contributed by atoms with Crippen LogP contribution in [0.3, 0.4) is 0 Å². The highest BCUT2D eigenvalue weighted by atomic mass is 127. The lowest BCUT2D eigenvalue weighted by atomic mass is 9.99. The number of alkyl carbamates (subject to hydrolysis) is 1. The molecule has 1 aliphatic carbocycles. The Morgan fingerprint density at radius 2 is 2.00 bits per heavy atom. The number of nitrogens with zero attached hydrogens (tertiary/aromatic N) is 2. The van der Waals surface area contributed by atoms with Crippen LogP contribution in [0.2, 0.25) is 0 Å². The molecule has 0 saturated heterocycles. The Balaban J connectivity index is 0.00000420. The molecule has 2 rings (SSSR count). The number of hydrogen-bond acceptors (Lipinski definition) is 5. The zero-order valence-corrected chi connectivity index (χ0v) is 20.3. The molecular weight excluding hydrogens is 485 g/mol. The van der Waals surface area contributed by atoms with E-state index in [4.69, 9.17) is 9.26 Å². The van der Waals surface area contributed by atoms with Crippen LogP contribution >= 0.6 is 24.0 Å². The van der Waals surface area contributed by atoms with E-state index < -0.39 is 0 Å². The van der Waals surface area contributed by atoms with Crippen LogP contribution in [0.5, 0.6) is 0 Å². The molecule has 1 atom stereocenters. The summed E-state index contributed by atoms with van der Waals surface area (Å²) in [4.78, 5) is 16.3. The van der Waals surface area contributed by atoms with Gasteiger partial charge in [-0.3, -0.25) is 0 Å². The van der Waals surface area contributed by atoms with E-state index in [2.05, 4.69) is 39.9 Å². The highest BCUT2D eigenvalue weighted by Gasteiger charge is 2.32. The standard InChI is InChI=1S/C20H35N5O3.HI/c1-5-14(6-2)17-11-16(28-25-17)12-22-19(21-7-3)23-13-18(15-9-10-15)24-20(26)27-8-4;/h11,14-15,18H,5-10,12-13H2,1-4H3,(H,24,26)(H2,21,22,23);1H. The summed E-state index contributed by atoms with van der Waals surface area (Å²) >= 11 is 0. The maximum atomic E-state index is 11.7. The van der Waals surface area contributed by atoms with Crippen molar-refractivity contribution < 1.29 is 14.1 Å². The number of carbonyl (C=O) groups excluding carboxylic acids is 1. The minimum Gasteiger partial charge on any atom is -0.450 e. The number of ether oxygens (including phenoxy) is 1. The molecule has 1 unspecified atom stereocenters. The van der Waals surface area contributed by atoms with E-state index >= 15 is 0 Å². The number of halogens is 1. The Bertz CT molecular complexity index is 629. The van der Waals surface area contributed by atoms with Gasteiger partial charge in [-0.2, -0.15) is 0 Å². The molecule has 8 nitrogen and oxygen atoms in total. The van der Waals surface area contributed by atoms with Crippen molar-refractivity contribution in [2.45, 2.75) is 71.9 Å². The average Bonchev–Trinajstić information content (AvgIpc) is 3.43. The van der Waals surface area contributed by atoms with Gasteiger partial charge in [0.25, 0.3) is 0 Å². The maximum Gasteiger partial charge on any atom is 0.407 e. The quantitative estimate of drug-likeness (QED) is 0.233. The van der Waals surface area contributed by atoms with Gasteiger partial charge in [-0.1, -0.05) is 19.0 Å². The normalized spacial score (nSPS) is 14.9. The van der Waals surface area contributed by atoms with Gasteiger partial charge in [-0.15, -0.1) is 24.0 Å². The van der Waals surface area contributed by atoms with E-state index in [0.717, 1.165) is 43.7 Å². The van der Waals surface area contributed by atoms with Gasteiger partial charge >= 0.3 is 6.09 Å². The van der Waals surface area contributed by atoms with Crippen LogP contribution in [0.1, 0.15) is 70.8 Å². The van der Waals surface area contributed by atoms with Crippen LogP contribution in [0.25, 0.3) is 0 Å². The Morgan fingerprint density at radius 1 is 1.28 bits per heavy atom. The van der Waals surface area contributed by atoms with Gasteiger partial charge in [0.15, 0.2) is 11.7 Å². The number of carbonyl (C=O) groups is 1. The fraction of sp³-hybridized carbons (Fsp3) is 0.750. The number of guanidine groups is 1. The lowest BCUT2D eigenvalue weighted by molar-refractivity contribution is 0.146. The van der Waals surface area contributed by atoms with E-state index in [1.54, 1.807) is 6.92 Å². The summed E-state index contributed by atoms with van der Waals surface area (Å²) < 4.78 is 10.5. The minimum absolute atomic E-state index is 0. The smallest absolute Gasteiger partial charge is 0.407 e. The van der Waals surface area contributed by atoms with Crippen molar-refractivity contribution in [1.82, 2.24) is 21.1 Å². The Morgan fingerprint density at radius 3 is 2.59 bits per heavy atom. The van der Waals surface area contributed by atoms with E-state index in [1.807, 2.05) is 13.0 Å². The molecule has 1 aromatic rings. The van der Waals surface area contributed by atoms with Crippen molar-refractivity contribution in [3.8, 4) is 0 Å². The summed E-state index contributed by atoms with van der Waals surface area (Å²) in [7, 11) is 0. The van der Waals surface area contributed by atoms with Crippen LogP contribution in [-0.2, 0) is 11.3 Å². The highest BCUT2D eigenvalue weighted by molar-refractivity contribution is 14.0. The lowest BCUT2D eigenvalue weighted by Crippen LogP contribution is -2.48. The van der Waals surface area contributed by atoms with Gasteiger partial charge in [0, 0.05) is 25.1 Å². The first-order valence-corrected chi connectivity index (χ1v) is 10.5. The van der Waals surface area contributed by atoms with E-state index in [-0.39, 0.29) is 36.1 Å². The van der Waals surface area contributed by atoms with Crippen LogP contribution in [-0.4, -0.2) is 42.9 Å². The van der Waals surface area contributed by atoms with Gasteiger partial charge in [0.05, 0.1) is 18.3 Å². The second-order valence-electron chi connectivity index (χ2n) is 7.12. The van der Waals surface area contributed by atoms with E-state index in [9.17, 15) is 4.79 Å². The number of aliphatic imine (C=N–C) groups is 1. The number of hydrogen-bond donors (Lipinski definition) is 3. The molecule has 1 saturated carbocycles. The van der Waals surface area contributed by atoms with Gasteiger partial charge < -0.3 is 25.2 Å². The number of aromatic nitrogens is 1. The monoisotopic (exact) mass is 521 g/mol. The Kier molecular flexibility index (Phi) is 12.0. The van der Waals surface area contributed by atoms with Crippen molar-refractivity contribution in [3.05, 3.63) is 17.5 Å². The summed E-state index contributed by atoms with van der Waals surface area (Å²) in [6.07, 6.45) is 3.99. The Labute approximate surface area is 191 Å². The fourth-order valence-electron chi connectivity index (χ4n) is 3.17. The molecule has 1 aliphatic rings. The molecule has 0 aliphatic heterocycles. The third-order valence-electron chi connectivity index (χ3n) is 4.98. The van der Waals surface area contributed by atoms with Crippen LogP contribution in [0.15, 0.2) is 15.6 Å². The third-order valence-corrected chi connectivity index (χ3v) is 4.98. The molecule has 1 heterocycles. The summed E-state index contributed by atoms with van der Waals surface area (Å²) in [6.45, 7) is 10.3. The number of amides is 1. The molecule has 1 amide bonds. The van der Waals surface area contributed by atoms with Crippen molar-refractivity contribution in [2.75, 3.05) is 19.7 Å². The topological polar surface area (TPSA) is 101 Å². The van der Waals surface area contributed by atoms with Crippen molar-refractivity contribution in [3.63, 3.8) is 0 Å². The molecule has 29 heavy (non-hydrogen) atoms. The first-order chi connectivity index (χ1) is 13.6. The fourth-order valence-corrected chi connectivity index (χ4v) is 3.17. The SMILES string of the molecule is CCNC(=NCc1cc(C(CC)CC)no1)NCC(NC(=O)OCC)C1CC1.I. The second-order valence-corrected chi connectivity index (χ2v) is 7.12. The molecule has 0 bridgehead atoms. The number of nitrogens with one attached hydrogen (secondary N) is 3. The highest BCUT2D eigenvalue weighted by Crippen LogP contribution is 2.32. The molecule has 3 N–H and O–H groups in total. The van der Waals surface area contributed by atoms with Gasteiger partial charge in [0.2, 0.25) is 0 Å². The van der Waals surface area contributed by atoms with Crippen LogP contribution < -0.4 is 16.0 Å². The molecular formula is C20H36IN5O3. The zero-order chi connectivity index (χ0) is 20.4. The van der Waals surface area contributed by atoms with Crippen molar-refractivity contribution in [2.24, 2.45) is 10.9 Å². The van der Waals surface area contributed by atoms with Gasteiger partial charge in [0.1, 0.15) is 6.54 Å². The first kappa shape index (κ1) is 25.5. The summed E-state index contributed by atoms with van der Waals surface area (Å²) in [5.74, 6) is 2.37. The van der Waals surface area contributed by atoms with E-state index in [1.165, 1.54) is 0 Å². The molecule has 1 fully saturated rings. The molecule has 0 radical (unpaired) electrons. The van der Waals surface area contributed by atoms with Crippen molar-refractivity contribution in [1.29, 1.82) is 0 Å². The molecule has 0 aromatic carbocycles. The van der Waals surface area contributed by atoms with Crippen LogP contribution in [0, 0.1) is 5.92 Å². The van der Waals surface area contributed by atoms with E-state index in [0.29, 0.717) is 37.5 Å². The molecule has 9 heteroatoms. The molecule has 0 spiro atoms. The summed E-state index contributed by atoms with van der Waals surface area (Å²) in [6, 6.07) is 2.04. The van der Waals surface area contributed by atoms with Crippen molar-refractivity contribution >= 4 is 36.0 Å². The average molecular weight is 521 g/mol. The second kappa shape index (κ2) is 13.7. The predicted molar refractivity (Wildman–Crippen MR) is 125 cm³/mol. The number of rotatable bonds is 11. The summed E-state index contributed by atoms with van der Waals surface area (Å²) in [5.41, 5.74) is 1.00. The first-order valence-electron chi connectivity index (χ1n) is 10.5.